The maximum Gasteiger partial charge on any atom is 0.233 e. The SMILES string of the molecule is CN1C(=O)C(C)(C)CSc2ccccc21. The molecule has 0 bridgehead atoms. The lowest BCUT2D eigenvalue weighted by molar-refractivity contribution is -0.125. The second kappa shape index (κ2) is 3.56. The molecule has 3 heteroatoms. The van der Waals surface area contributed by atoms with Gasteiger partial charge in [-0.2, -0.15) is 0 Å². The molecule has 0 fully saturated rings. The highest BCUT2D eigenvalue weighted by Gasteiger charge is 2.34. The summed E-state index contributed by atoms with van der Waals surface area (Å²) in [5, 5.41) is 0. The number of amides is 1. The van der Waals surface area contributed by atoms with Crippen molar-refractivity contribution in [3.63, 3.8) is 0 Å². The summed E-state index contributed by atoms with van der Waals surface area (Å²) in [5.41, 5.74) is 0.747. The predicted octanol–water partition coefficient (Wildman–Crippen LogP) is 2.78. The van der Waals surface area contributed by atoms with Gasteiger partial charge in [0.05, 0.1) is 11.1 Å². The van der Waals surface area contributed by atoms with Crippen molar-refractivity contribution in [1.29, 1.82) is 0 Å². The summed E-state index contributed by atoms with van der Waals surface area (Å²) >= 11 is 1.76. The molecule has 2 nitrogen and oxygen atoms in total. The first-order chi connectivity index (χ1) is 7.02. The number of carbonyl (C=O) groups excluding carboxylic acids is 1. The molecule has 0 radical (unpaired) electrons. The van der Waals surface area contributed by atoms with Gasteiger partial charge in [-0.1, -0.05) is 26.0 Å². The van der Waals surface area contributed by atoms with Crippen molar-refractivity contribution in [2.75, 3.05) is 17.7 Å². The Labute approximate surface area is 94.7 Å². The van der Waals surface area contributed by atoms with Crippen LogP contribution in [-0.4, -0.2) is 18.7 Å². The molecule has 1 aromatic carbocycles. The molecule has 1 amide bonds. The number of anilines is 1. The van der Waals surface area contributed by atoms with Crippen LogP contribution in [0.5, 0.6) is 0 Å². The maximum absolute atomic E-state index is 12.1. The molecular weight excluding hydrogens is 206 g/mol. The first kappa shape index (κ1) is 10.6. The number of fused-ring (bicyclic) bond motifs is 1. The summed E-state index contributed by atoms with van der Waals surface area (Å²) in [7, 11) is 1.86. The van der Waals surface area contributed by atoms with Gasteiger partial charge in [0.25, 0.3) is 0 Å². The number of benzene rings is 1. The Morgan fingerprint density at radius 3 is 2.73 bits per heavy atom. The van der Waals surface area contributed by atoms with Crippen molar-refractivity contribution in [2.45, 2.75) is 18.7 Å². The van der Waals surface area contributed by atoms with Gasteiger partial charge in [-0.3, -0.25) is 4.79 Å². The number of carbonyl (C=O) groups is 1. The van der Waals surface area contributed by atoms with Gasteiger partial charge in [0.1, 0.15) is 0 Å². The van der Waals surface area contributed by atoms with Crippen LogP contribution in [0.1, 0.15) is 13.8 Å². The van der Waals surface area contributed by atoms with Gasteiger partial charge in [0.15, 0.2) is 0 Å². The molecule has 2 rings (SSSR count). The molecule has 0 aromatic heterocycles. The van der Waals surface area contributed by atoms with E-state index in [1.807, 2.05) is 39.1 Å². The molecule has 1 aliphatic heterocycles. The van der Waals surface area contributed by atoms with E-state index in [0.29, 0.717) is 0 Å². The summed E-state index contributed by atoms with van der Waals surface area (Å²) in [6.45, 7) is 4.01. The molecule has 0 aliphatic carbocycles. The smallest absolute Gasteiger partial charge is 0.233 e. The van der Waals surface area contributed by atoms with E-state index in [1.165, 1.54) is 4.90 Å². The van der Waals surface area contributed by atoms with Gasteiger partial charge in [-0.05, 0) is 12.1 Å². The summed E-state index contributed by atoms with van der Waals surface area (Å²) in [6, 6.07) is 8.07. The van der Waals surface area contributed by atoms with Crippen molar-refractivity contribution >= 4 is 23.4 Å². The van der Waals surface area contributed by atoms with Crippen molar-refractivity contribution < 1.29 is 4.79 Å². The normalized spacial score (nSPS) is 19.7. The fourth-order valence-corrected chi connectivity index (χ4v) is 2.91. The lowest BCUT2D eigenvalue weighted by atomic mass is 9.94. The Morgan fingerprint density at radius 1 is 1.33 bits per heavy atom. The fraction of sp³-hybridized carbons (Fsp3) is 0.417. The van der Waals surface area contributed by atoms with Crippen LogP contribution in [0.2, 0.25) is 0 Å². The van der Waals surface area contributed by atoms with Crippen LogP contribution in [-0.2, 0) is 4.79 Å². The molecule has 0 spiro atoms. The first-order valence-corrected chi connectivity index (χ1v) is 6.01. The molecule has 0 saturated heterocycles. The van der Waals surface area contributed by atoms with Crippen LogP contribution in [0.15, 0.2) is 29.2 Å². The summed E-state index contributed by atoms with van der Waals surface area (Å²) in [4.78, 5) is 15.1. The van der Waals surface area contributed by atoms with Crippen LogP contribution >= 0.6 is 11.8 Å². The Morgan fingerprint density at radius 2 is 2.00 bits per heavy atom. The molecule has 15 heavy (non-hydrogen) atoms. The quantitative estimate of drug-likeness (QED) is 0.671. The topological polar surface area (TPSA) is 20.3 Å². The molecule has 1 heterocycles. The Balaban J connectivity index is 2.48. The standard InChI is InChI=1S/C12H15NOS/c1-12(2)8-15-10-7-5-4-6-9(10)13(3)11(12)14/h4-7H,8H2,1-3H3. The van der Waals surface area contributed by atoms with E-state index >= 15 is 0 Å². The number of para-hydroxylation sites is 1. The van der Waals surface area contributed by atoms with Gasteiger partial charge in [-0.15, -0.1) is 11.8 Å². The number of hydrogen-bond acceptors (Lipinski definition) is 2. The Bertz CT molecular complexity index is 400. The first-order valence-electron chi connectivity index (χ1n) is 5.02. The third-order valence-corrected chi connectivity index (χ3v) is 4.22. The average Bonchev–Trinajstić information content (AvgIpc) is 2.31. The highest BCUT2D eigenvalue weighted by Crippen LogP contribution is 2.39. The highest BCUT2D eigenvalue weighted by atomic mass is 32.2. The maximum atomic E-state index is 12.1. The molecular formula is C12H15NOS. The lowest BCUT2D eigenvalue weighted by Gasteiger charge is -2.25. The molecule has 0 atom stereocenters. The van der Waals surface area contributed by atoms with E-state index in [0.717, 1.165) is 11.4 Å². The van der Waals surface area contributed by atoms with Crippen molar-refractivity contribution in [2.24, 2.45) is 5.41 Å². The third-order valence-electron chi connectivity index (χ3n) is 2.70. The molecule has 1 aliphatic rings. The molecule has 0 unspecified atom stereocenters. The number of nitrogens with zero attached hydrogens (tertiary/aromatic N) is 1. The second-order valence-corrected chi connectivity index (χ2v) is 5.52. The van der Waals surface area contributed by atoms with Gasteiger partial charge < -0.3 is 4.90 Å². The second-order valence-electron chi connectivity index (χ2n) is 4.50. The van der Waals surface area contributed by atoms with Gasteiger partial charge >= 0.3 is 0 Å². The Hall–Kier alpha value is -0.960. The van der Waals surface area contributed by atoms with Gasteiger partial charge in [0.2, 0.25) is 5.91 Å². The van der Waals surface area contributed by atoms with Crippen LogP contribution in [0.3, 0.4) is 0 Å². The highest BCUT2D eigenvalue weighted by molar-refractivity contribution is 7.99. The zero-order chi connectivity index (χ0) is 11.1. The molecule has 0 saturated carbocycles. The number of rotatable bonds is 0. The van der Waals surface area contributed by atoms with Crippen LogP contribution in [0.4, 0.5) is 5.69 Å². The monoisotopic (exact) mass is 221 g/mol. The minimum absolute atomic E-state index is 0.194. The number of hydrogen-bond donors (Lipinski definition) is 0. The van der Waals surface area contributed by atoms with Crippen molar-refractivity contribution in [3.8, 4) is 0 Å². The molecule has 1 aromatic rings. The van der Waals surface area contributed by atoms with Gasteiger partial charge in [0, 0.05) is 17.7 Å². The summed E-state index contributed by atoms with van der Waals surface area (Å²) in [6.07, 6.45) is 0. The van der Waals surface area contributed by atoms with E-state index in [2.05, 4.69) is 6.07 Å². The average molecular weight is 221 g/mol. The minimum atomic E-state index is -0.279. The van der Waals surface area contributed by atoms with E-state index in [1.54, 1.807) is 16.7 Å². The zero-order valence-electron chi connectivity index (χ0n) is 9.28. The number of thioether (sulfide) groups is 1. The Kier molecular flexibility index (Phi) is 2.51. The minimum Gasteiger partial charge on any atom is -0.314 e. The fourth-order valence-electron chi connectivity index (χ4n) is 1.74. The molecule has 0 N–H and O–H groups in total. The van der Waals surface area contributed by atoms with Crippen molar-refractivity contribution in [1.82, 2.24) is 0 Å². The summed E-state index contributed by atoms with van der Waals surface area (Å²) in [5.74, 6) is 1.03. The third kappa shape index (κ3) is 1.76. The van der Waals surface area contributed by atoms with E-state index in [-0.39, 0.29) is 11.3 Å². The van der Waals surface area contributed by atoms with E-state index < -0.39 is 0 Å². The van der Waals surface area contributed by atoms with Crippen LogP contribution in [0, 0.1) is 5.41 Å². The largest absolute Gasteiger partial charge is 0.314 e. The molecule has 80 valence electrons. The zero-order valence-corrected chi connectivity index (χ0v) is 10.1. The predicted molar refractivity (Wildman–Crippen MR) is 64.4 cm³/mol. The summed E-state index contributed by atoms with van der Waals surface area (Å²) < 4.78 is 0. The van der Waals surface area contributed by atoms with Crippen LogP contribution < -0.4 is 4.90 Å². The van der Waals surface area contributed by atoms with E-state index in [9.17, 15) is 4.79 Å². The lowest BCUT2D eigenvalue weighted by Crippen LogP contribution is -2.38. The van der Waals surface area contributed by atoms with Gasteiger partial charge in [-0.25, -0.2) is 0 Å². The van der Waals surface area contributed by atoms with E-state index in [4.69, 9.17) is 0 Å². The van der Waals surface area contributed by atoms with Crippen LogP contribution in [0.25, 0.3) is 0 Å². The van der Waals surface area contributed by atoms with Crippen molar-refractivity contribution in [3.05, 3.63) is 24.3 Å².